The van der Waals surface area contributed by atoms with Gasteiger partial charge in [0.15, 0.2) is 0 Å². The van der Waals surface area contributed by atoms with Gasteiger partial charge in [0.1, 0.15) is 0 Å². The predicted octanol–water partition coefficient (Wildman–Crippen LogP) is 1.66. The Hall–Kier alpha value is -1.10. The number of carbonyl (C=O) groups is 1. The summed E-state index contributed by atoms with van der Waals surface area (Å²) in [6.07, 6.45) is 0.951. The van der Waals surface area contributed by atoms with Crippen LogP contribution in [-0.4, -0.2) is 17.6 Å². The highest BCUT2D eigenvalue weighted by Gasteiger charge is 2.03. The second-order valence-electron chi connectivity index (χ2n) is 2.97. The first-order valence-electron chi connectivity index (χ1n) is 4.64. The first-order chi connectivity index (χ1) is 6.74. The molecule has 0 aliphatic carbocycles. The van der Waals surface area contributed by atoms with Crippen LogP contribution in [0.15, 0.2) is 5.51 Å². The average Bonchev–Trinajstić information content (AvgIpc) is 2.58. The summed E-state index contributed by atoms with van der Waals surface area (Å²) >= 11 is 1.56. The van der Waals surface area contributed by atoms with E-state index in [1.807, 2.05) is 13.8 Å². The van der Waals surface area contributed by atoms with Crippen molar-refractivity contribution in [1.29, 1.82) is 0 Å². The Morgan fingerprint density at radius 2 is 2.36 bits per heavy atom. The SMILES string of the molecule is CCCNC(=O)NCc1scnc1C. The number of hydrogen-bond donors (Lipinski definition) is 2. The summed E-state index contributed by atoms with van der Waals surface area (Å²) in [6.45, 7) is 5.24. The number of amides is 2. The number of thiazole rings is 1. The molecule has 5 heteroatoms. The van der Waals surface area contributed by atoms with Crippen LogP contribution in [0.5, 0.6) is 0 Å². The van der Waals surface area contributed by atoms with Gasteiger partial charge in [-0.1, -0.05) is 6.92 Å². The highest BCUT2D eigenvalue weighted by molar-refractivity contribution is 7.09. The van der Waals surface area contributed by atoms with Crippen LogP contribution in [0.2, 0.25) is 0 Å². The molecule has 14 heavy (non-hydrogen) atoms. The zero-order chi connectivity index (χ0) is 10.4. The molecule has 0 atom stereocenters. The molecule has 1 rings (SSSR count). The summed E-state index contributed by atoms with van der Waals surface area (Å²) in [4.78, 5) is 16.4. The third-order valence-corrected chi connectivity index (χ3v) is 2.73. The minimum Gasteiger partial charge on any atom is -0.338 e. The molecule has 0 radical (unpaired) electrons. The predicted molar refractivity (Wildman–Crippen MR) is 57.4 cm³/mol. The van der Waals surface area contributed by atoms with Crippen molar-refractivity contribution in [3.8, 4) is 0 Å². The van der Waals surface area contributed by atoms with Gasteiger partial charge in [0.25, 0.3) is 0 Å². The standard InChI is InChI=1S/C9H15N3OS/c1-3-4-10-9(13)11-5-8-7(2)12-6-14-8/h6H,3-5H2,1-2H3,(H2,10,11,13). The molecule has 2 N–H and O–H groups in total. The third kappa shape index (κ3) is 3.33. The van der Waals surface area contributed by atoms with Gasteiger partial charge in [-0.25, -0.2) is 9.78 Å². The number of hydrogen-bond acceptors (Lipinski definition) is 3. The normalized spacial score (nSPS) is 9.86. The van der Waals surface area contributed by atoms with Crippen molar-refractivity contribution >= 4 is 17.4 Å². The lowest BCUT2D eigenvalue weighted by molar-refractivity contribution is 0.240. The van der Waals surface area contributed by atoms with Crippen LogP contribution in [0.3, 0.4) is 0 Å². The number of nitrogens with one attached hydrogen (secondary N) is 2. The van der Waals surface area contributed by atoms with Gasteiger partial charge in [0.05, 0.1) is 17.7 Å². The van der Waals surface area contributed by atoms with E-state index in [1.165, 1.54) is 0 Å². The van der Waals surface area contributed by atoms with E-state index in [4.69, 9.17) is 0 Å². The van der Waals surface area contributed by atoms with Crippen LogP contribution in [0.4, 0.5) is 4.79 Å². The maximum atomic E-state index is 11.2. The second kappa shape index (κ2) is 5.59. The lowest BCUT2D eigenvalue weighted by Crippen LogP contribution is -2.35. The Morgan fingerprint density at radius 3 is 2.93 bits per heavy atom. The molecule has 78 valence electrons. The molecule has 0 unspecified atom stereocenters. The van der Waals surface area contributed by atoms with E-state index < -0.39 is 0 Å². The fourth-order valence-corrected chi connectivity index (χ4v) is 1.67. The third-order valence-electron chi connectivity index (χ3n) is 1.79. The highest BCUT2D eigenvalue weighted by atomic mass is 32.1. The number of aromatic nitrogens is 1. The molecular formula is C9H15N3OS. The van der Waals surface area contributed by atoms with Crippen molar-refractivity contribution in [1.82, 2.24) is 15.6 Å². The molecule has 0 saturated carbocycles. The molecule has 1 aromatic rings. The monoisotopic (exact) mass is 213 g/mol. The Labute approximate surface area is 87.7 Å². The first-order valence-corrected chi connectivity index (χ1v) is 5.52. The summed E-state index contributed by atoms with van der Waals surface area (Å²) in [5.41, 5.74) is 2.78. The van der Waals surface area contributed by atoms with E-state index in [2.05, 4.69) is 15.6 Å². The van der Waals surface area contributed by atoms with Crippen LogP contribution in [-0.2, 0) is 6.54 Å². The van der Waals surface area contributed by atoms with Gasteiger partial charge in [-0.05, 0) is 13.3 Å². The summed E-state index contributed by atoms with van der Waals surface area (Å²) in [6, 6.07) is -0.111. The van der Waals surface area contributed by atoms with Crippen molar-refractivity contribution in [3.63, 3.8) is 0 Å². The van der Waals surface area contributed by atoms with Gasteiger partial charge in [0.2, 0.25) is 0 Å². The minimum atomic E-state index is -0.111. The molecule has 0 bridgehead atoms. The van der Waals surface area contributed by atoms with Crippen molar-refractivity contribution in [2.24, 2.45) is 0 Å². The van der Waals surface area contributed by atoms with E-state index in [-0.39, 0.29) is 6.03 Å². The number of nitrogens with zero attached hydrogens (tertiary/aromatic N) is 1. The molecule has 0 spiro atoms. The summed E-state index contributed by atoms with van der Waals surface area (Å²) in [7, 11) is 0. The summed E-state index contributed by atoms with van der Waals surface area (Å²) < 4.78 is 0. The van der Waals surface area contributed by atoms with Gasteiger partial charge in [0, 0.05) is 11.4 Å². The number of carbonyl (C=O) groups excluding carboxylic acids is 1. The van der Waals surface area contributed by atoms with Gasteiger partial charge in [-0.3, -0.25) is 0 Å². The molecule has 4 nitrogen and oxygen atoms in total. The topological polar surface area (TPSA) is 54.0 Å². The van der Waals surface area contributed by atoms with E-state index in [9.17, 15) is 4.79 Å². The highest BCUT2D eigenvalue weighted by Crippen LogP contribution is 2.10. The maximum Gasteiger partial charge on any atom is 0.315 e. The van der Waals surface area contributed by atoms with Crippen LogP contribution in [0.1, 0.15) is 23.9 Å². The number of rotatable bonds is 4. The molecule has 0 aliphatic rings. The van der Waals surface area contributed by atoms with Gasteiger partial charge in [-0.2, -0.15) is 0 Å². The van der Waals surface area contributed by atoms with Gasteiger partial charge in [-0.15, -0.1) is 11.3 Å². The Morgan fingerprint density at radius 1 is 1.57 bits per heavy atom. The lowest BCUT2D eigenvalue weighted by atomic mass is 10.4. The summed E-state index contributed by atoms with van der Waals surface area (Å²) in [5.74, 6) is 0. The average molecular weight is 213 g/mol. The molecule has 1 aromatic heterocycles. The Kier molecular flexibility index (Phi) is 4.39. The Balaban J connectivity index is 2.27. The van der Waals surface area contributed by atoms with E-state index in [1.54, 1.807) is 16.8 Å². The molecule has 0 aromatic carbocycles. The van der Waals surface area contributed by atoms with Crippen molar-refractivity contribution in [2.75, 3.05) is 6.54 Å². The van der Waals surface area contributed by atoms with Crippen LogP contribution >= 0.6 is 11.3 Å². The number of urea groups is 1. The Bertz CT molecular complexity index is 298. The molecule has 0 saturated heterocycles. The van der Waals surface area contributed by atoms with Crippen LogP contribution in [0, 0.1) is 6.92 Å². The lowest BCUT2D eigenvalue weighted by Gasteiger charge is -2.05. The first kappa shape index (κ1) is 11.0. The maximum absolute atomic E-state index is 11.2. The van der Waals surface area contributed by atoms with Crippen molar-refractivity contribution in [2.45, 2.75) is 26.8 Å². The van der Waals surface area contributed by atoms with Crippen LogP contribution < -0.4 is 10.6 Å². The van der Waals surface area contributed by atoms with E-state index in [0.717, 1.165) is 17.0 Å². The molecule has 0 aliphatic heterocycles. The van der Waals surface area contributed by atoms with E-state index >= 15 is 0 Å². The van der Waals surface area contributed by atoms with Crippen molar-refractivity contribution in [3.05, 3.63) is 16.1 Å². The fourth-order valence-electron chi connectivity index (χ4n) is 0.957. The van der Waals surface area contributed by atoms with Crippen LogP contribution in [0.25, 0.3) is 0 Å². The fraction of sp³-hybridized carbons (Fsp3) is 0.556. The molecular weight excluding hydrogens is 198 g/mol. The smallest absolute Gasteiger partial charge is 0.315 e. The van der Waals surface area contributed by atoms with Gasteiger partial charge < -0.3 is 10.6 Å². The van der Waals surface area contributed by atoms with E-state index in [0.29, 0.717) is 13.1 Å². The number of aryl methyl sites for hydroxylation is 1. The zero-order valence-electron chi connectivity index (χ0n) is 8.46. The molecule has 0 fully saturated rings. The quantitative estimate of drug-likeness (QED) is 0.799. The molecule has 1 heterocycles. The minimum absolute atomic E-state index is 0.111. The summed E-state index contributed by atoms with van der Waals surface area (Å²) in [5, 5.41) is 5.53. The second-order valence-corrected chi connectivity index (χ2v) is 3.91. The van der Waals surface area contributed by atoms with Gasteiger partial charge >= 0.3 is 6.03 Å². The van der Waals surface area contributed by atoms with Crippen molar-refractivity contribution < 1.29 is 4.79 Å². The zero-order valence-corrected chi connectivity index (χ0v) is 9.28. The largest absolute Gasteiger partial charge is 0.338 e. The molecule has 2 amide bonds.